The van der Waals surface area contributed by atoms with E-state index in [1.54, 1.807) is 17.7 Å². The lowest BCUT2D eigenvalue weighted by Crippen LogP contribution is -2.43. The summed E-state index contributed by atoms with van der Waals surface area (Å²) >= 11 is 0. The Balaban J connectivity index is 1.84. The molecule has 2 heterocycles. The maximum atomic E-state index is 13.7. The van der Waals surface area contributed by atoms with Gasteiger partial charge in [0, 0.05) is 29.4 Å². The van der Waals surface area contributed by atoms with Crippen molar-refractivity contribution >= 4 is 17.9 Å². The third-order valence-corrected chi connectivity index (χ3v) is 6.95. The molecule has 40 heavy (non-hydrogen) atoms. The van der Waals surface area contributed by atoms with Crippen LogP contribution < -0.4 is 4.74 Å². The summed E-state index contributed by atoms with van der Waals surface area (Å²) in [5, 5.41) is 14.7. The molecule has 0 bridgehead atoms. The van der Waals surface area contributed by atoms with E-state index >= 15 is 0 Å². The number of carbonyl (C=O) groups is 2. The second-order valence-corrected chi connectivity index (χ2v) is 10.3. The summed E-state index contributed by atoms with van der Waals surface area (Å²) in [5.74, 6) is -0.125. The molecule has 0 fully saturated rings. The minimum absolute atomic E-state index is 0.00436. The number of carbonyl (C=O) groups excluding carboxylic acids is 2. The summed E-state index contributed by atoms with van der Waals surface area (Å²) in [6.07, 6.45) is 7.40. The number of hydrogen-bond donors (Lipinski definition) is 0. The fraction of sp³-hybridized carbons (Fsp3) is 0.333. The zero-order valence-corrected chi connectivity index (χ0v) is 23.9. The van der Waals surface area contributed by atoms with Crippen molar-refractivity contribution in [2.24, 2.45) is 0 Å². The van der Waals surface area contributed by atoms with Crippen LogP contribution in [0.2, 0.25) is 0 Å². The number of aryl methyl sites for hydroxylation is 1. The van der Waals surface area contributed by atoms with E-state index in [2.05, 4.69) is 6.92 Å². The molecule has 1 aliphatic heterocycles. The molecule has 206 valence electrons. The molecule has 0 N–H and O–H groups in total. The van der Waals surface area contributed by atoms with Crippen LogP contribution in [0.5, 0.6) is 5.75 Å². The van der Waals surface area contributed by atoms with E-state index in [9.17, 15) is 14.9 Å². The van der Waals surface area contributed by atoms with Gasteiger partial charge in [-0.15, -0.1) is 0 Å². The van der Waals surface area contributed by atoms with Gasteiger partial charge in [0.1, 0.15) is 23.1 Å². The highest BCUT2D eigenvalue weighted by Gasteiger charge is 2.35. The Morgan fingerprint density at radius 2 is 1.77 bits per heavy atom. The number of nitrogens with zero attached hydrogens (tertiary/aromatic N) is 4. The molecular formula is C33H36N4O3. The van der Waals surface area contributed by atoms with Gasteiger partial charge in [-0.2, -0.15) is 10.4 Å². The van der Waals surface area contributed by atoms with Crippen LogP contribution in [0.25, 0.3) is 23.0 Å². The topological polar surface area (TPSA) is 88.2 Å². The zero-order chi connectivity index (χ0) is 28.8. The van der Waals surface area contributed by atoms with Crippen molar-refractivity contribution in [2.45, 2.75) is 66.4 Å². The molecule has 2 aromatic carbocycles. The number of unbranched alkanes of at least 4 members (excludes halogenated alkanes) is 3. The van der Waals surface area contributed by atoms with E-state index in [0.29, 0.717) is 35.4 Å². The average Bonchev–Trinajstić information content (AvgIpc) is 3.35. The number of para-hydroxylation sites is 1. The molecule has 1 aliphatic rings. The van der Waals surface area contributed by atoms with Crippen LogP contribution in [0.15, 0.2) is 71.4 Å². The van der Waals surface area contributed by atoms with Crippen LogP contribution in [0.1, 0.15) is 64.5 Å². The molecule has 0 saturated heterocycles. The highest BCUT2D eigenvalue weighted by molar-refractivity contribution is 6.19. The summed E-state index contributed by atoms with van der Waals surface area (Å²) in [7, 11) is 0. The molecule has 2 amide bonds. The van der Waals surface area contributed by atoms with Crippen molar-refractivity contribution in [3.05, 3.63) is 82.6 Å². The quantitative estimate of drug-likeness (QED) is 0.161. The van der Waals surface area contributed by atoms with Gasteiger partial charge in [0.25, 0.3) is 11.8 Å². The lowest BCUT2D eigenvalue weighted by Gasteiger charge is -2.27. The molecule has 1 aromatic heterocycles. The SMILES string of the molecule is CCCCCCN1C(=O)C(C#N)=C(C)/C(=C\c2cn(-c3ccccc3)nc2-c2ccc(OC(C)C)cc2C)C1=O. The van der Waals surface area contributed by atoms with Crippen molar-refractivity contribution in [3.8, 4) is 28.8 Å². The minimum atomic E-state index is -0.518. The molecule has 0 unspecified atom stereocenters. The number of aromatic nitrogens is 2. The van der Waals surface area contributed by atoms with Crippen molar-refractivity contribution < 1.29 is 14.3 Å². The summed E-state index contributed by atoms with van der Waals surface area (Å²) in [5.41, 5.74) is 4.87. The van der Waals surface area contributed by atoms with Gasteiger partial charge >= 0.3 is 0 Å². The van der Waals surface area contributed by atoms with Crippen LogP contribution in [0.3, 0.4) is 0 Å². The largest absolute Gasteiger partial charge is 0.491 e. The van der Waals surface area contributed by atoms with Gasteiger partial charge in [-0.3, -0.25) is 14.5 Å². The van der Waals surface area contributed by atoms with Crippen LogP contribution >= 0.6 is 0 Å². The lowest BCUT2D eigenvalue weighted by atomic mass is 9.92. The van der Waals surface area contributed by atoms with Crippen LogP contribution in [-0.4, -0.2) is 39.1 Å². The van der Waals surface area contributed by atoms with Gasteiger partial charge in [-0.1, -0.05) is 44.4 Å². The monoisotopic (exact) mass is 536 g/mol. The third-order valence-electron chi connectivity index (χ3n) is 6.95. The molecule has 0 spiro atoms. The smallest absolute Gasteiger partial charge is 0.271 e. The Bertz CT molecular complexity index is 1510. The summed E-state index contributed by atoms with van der Waals surface area (Å²) in [6.45, 7) is 10.0. The number of amides is 2. The lowest BCUT2D eigenvalue weighted by molar-refractivity contribution is -0.140. The van der Waals surface area contributed by atoms with Crippen molar-refractivity contribution in [3.63, 3.8) is 0 Å². The van der Waals surface area contributed by atoms with Crippen LogP contribution in [0.4, 0.5) is 0 Å². The van der Waals surface area contributed by atoms with E-state index in [4.69, 9.17) is 9.84 Å². The van der Waals surface area contributed by atoms with E-state index < -0.39 is 5.91 Å². The van der Waals surface area contributed by atoms with Gasteiger partial charge in [0.2, 0.25) is 0 Å². The molecule has 4 rings (SSSR count). The molecule has 7 nitrogen and oxygen atoms in total. The predicted molar refractivity (Wildman–Crippen MR) is 157 cm³/mol. The second-order valence-electron chi connectivity index (χ2n) is 10.3. The molecule has 0 saturated carbocycles. The first-order valence-corrected chi connectivity index (χ1v) is 13.9. The fourth-order valence-corrected chi connectivity index (χ4v) is 4.85. The first kappa shape index (κ1) is 28.6. The Hall–Kier alpha value is -4.44. The van der Waals surface area contributed by atoms with Gasteiger partial charge in [0.15, 0.2) is 0 Å². The highest BCUT2D eigenvalue weighted by Crippen LogP contribution is 2.33. The number of ether oxygens (including phenoxy) is 1. The number of imide groups is 1. The minimum Gasteiger partial charge on any atom is -0.491 e. The summed E-state index contributed by atoms with van der Waals surface area (Å²) in [6, 6.07) is 17.7. The van der Waals surface area contributed by atoms with Gasteiger partial charge in [0.05, 0.1) is 11.8 Å². The first-order chi connectivity index (χ1) is 19.2. The number of rotatable bonds is 10. The molecule has 3 aromatic rings. The molecule has 0 radical (unpaired) electrons. The second kappa shape index (κ2) is 12.6. The highest BCUT2D eigenvalue weighted by atomic mass is 16.5. The third kappa shape index (κ3) is 6.07. The molecule has 7 heteroatoms. The Kier molecular flexibility index (Phi) is 9.00. The predicted octanol–water partition coefficient (Wildman–Crippen LogP) is 6.81. The van der Waals surface area contributed by atoms with Crippen molar-refractivity contribution in [1.29, 1.82) is 5.26 Å². The number of hydrogen-bond acceptors (Lipinski definition) is 5. The zero-order valence-electron chi connectivity index (χ0n) is 23.9. The molecule has 0 atom stereocenters. The maximum absolute atomic E-state index is 13.7. The van der Waals surface area contributed by atoms with Crippen molar-refractivity contribution in [1.82, 2.24) is 14.7 Å². The Labute approximate surface area is 236 Å². The first-order valence-electron chi connectivity index (χ1n) is 13.9. The summed E-state index contributed by atoms with van der Waals surface area (Å²) < 4.78 is 7.66. The Morgan fingerprint density at radius 3 is 2.42 bits per heavy atom. The van der Waals surface area contributed by atoms with Gasteiger partial charge in [-0.05, 0) is 81.7 Å². The number of nitriles is 1. The fourth-order valence-electron chi connectivity index (χ4n) is 4.85. The van der Waals surface area contributed by atoms with E-state index in [1.165, 1.54) is 4.90 Å². The molecule has 0 aliphatic carbocycles. The van der Waals surface area contributed by atoms with Gasteiger partial charge < -0.3 is 4.74 Å². The standard InChI is InChI=1S/C33H36N4O3/c1-6-7-8-12-17-36-32(38)29(24(5)30(20-34)33(36)39)19-25-21-37(26-13-10-9-11-14-26)35-31(25)28-16-15-27(18-23(28)4)40-22(2)3/h9-11,13-16,18-19,21-22H,6-8,12,17H2,1-5H3/b29-19+. The summed E-state index contributed by atoms with van der Waals surface area (Å²) in [4.78, 5) is 27.9. The van der Waals surface area contributed by atoms with Gasteiger partial charge in [-0.25, -0.2) is 4.68 Å². The van der Waals surface area contributed by atoms with Crippen LogP contribution in [-0.2, 0) is 9.59 Å². The van der Waals surface area contributed by atoms with Crippen LogP contribution in [0, 0.1) is 18.3 Å². The van der Waals surface area contributed by atoms with E-state index in [0.717, 1.165) is 41.8 Å². The maximum Gasteiger partial charge on any atom is 0.271 e. The number of benzene rings is 2. The Morgan fingerprint density at radius 1 is 1.02 bits per heavy atom. The molecular weight excluding hydrogens is 500 g/mol. The normalized spacial score (nSPS) is 14.8. The van der Waals surface area contributed by atoms with Crippen molar-refractivity contribution in [2.75, 3.05) is 6.54 Å². The van der Waals surface area contributed by atoms with E-state index in [1.807, 2.05) is 81.6 Å². The van der Waals surface area contributed by atoms with E-state index in [-0.39, 0.29) is 17.6 Å². The average molecular weight is 537 g/mol.